The van der Waals surface area contributed by atoms with Crippen molar-refractivity contribution >= 4 is 72.3 Å². The molecule has 26 heavy (non-hydrogen) atoms. The average Bonchev–Trinajstić information content (AvgIpc) is 3.04. The number of hydrogen-bond acceptors (Lipinski definition) is 5. The highest BCUT2D eigenvalue weighted by Gasteiger charge is 2.14. The molecule has 4 nitrogen and oxygen atoms in total. The van der Waals surface area contributed by atoms with E-state index < -0.39 is 0 Å². The van der Waals surface area contributed by atoms with E-state index in [1.165, 1.54) is 17.7 Å². The van der Waals surface area contributed by atoms with Crippen molar-refractivity contribution in [3.05, 3.63) is 73.9 Å². The predicted molar refractivity (Wildman–Crippen MR) is 112 cm³/mol. The van der Waals surface area contributed by atoms with Gasteiger partial charge in [0.15, 0.2) is 5.82 Å². The van der Waals surface area contributed by atoms with Gasteiger partial charge >= 0.3 is 0 Å². The number of fused-ring (bicyclic) bond motifs is 1. The quantitative estimate of drug-likeness (QED) is 0.374. The minimum Gasteiger partial charge on any atom is -0.338 e. The number of nitrogens with one attached hydrogen (secondary N) is 1. The molecule has 2 heterocycles. The minimum atomic E-state index is 0.553. The summed E-state index contributed by atoms with van der Waals surface area (Å²) in [5.41, 5.74) is 2.53. The molecule has 0 saturated carbocycles. The molecule has 130 valence electrons. The van der Waals surface area contributed by atoms with E-state index in [9.17, 15) is 0 Å². The van der Waals surface area contributed by atoms with Gasteiger partial charge in [0.2, 0.25) is 0 Å². The molecule has 2 aromatic carbocycles. The maximum Gasteiger partial charge on any atom is 0.161 e. The summed E-state index contributed by atoms with van der Waals surface area (Å²) in [7, 11) is 0. The number of halogens is 3. The zero-order valence-corrected chi connectivity index (χ0v) is 17.1. The van der Waals surface area contributed by atoms with E-state index in [4.69, 9.17) is 28.2 Å². The Bertz CT molecular complexity index is 1060. The number of thiazole rings is 1. The van der Waals surface area contributed by atoms with Gasteiger partial charge in [0.05, 0.1) is 0 Å². The molecular weight excluding hydrogens is 455 g/mol. The van der Waals surface area contributed by atoms with Crippen LogP contribution < -0.4 is 5.32 Å². The normalized spacial score (nSPS) is 11.0. The molecule has 2 aromatic heterocycles. The summed E-state index contributed by atoms with van der Waals surface area (Å²) in [4.78, 5) is 14.2. The molecule has 0 radical (unpaired) electrons. The summed E-state index contributed by atoms with van der Waals surface area (Å²) in [5, 5.41) is 5.45. The highest BCUT2D eigenvalue weighted by Crippen LogP contribution is 2.32. The summed E-state index contributed by atoms with van der Waals surface area (Å²) in [6.07, 6.45) is 2.09. The van der Waals surface area contributed by atoms with Crippen molar-refractivity contribution in [2.75, 3.05) is 5.32 Å². The Kier molecular flexibility index (Phi) is 5.09. The van der Waals surface area contributed by atoms with Gasteiger partial charge in [0.1, 0.15) is 21.7 Å². The van der Waals surface area contributed by atoms with Gasteiger partial charge in [0, 0.05) is 26.6 Å². The molecule has 0 aliphatic carbocycles. The van der Waals surface area contributed by atoms with Crippen LogP contribution >= 0.6 is 50.5 Å². The molecule has 0 spiro atoms. The van der Waals surface area contributed by atoms with Gasteiger partial charge in [-0.2, -0.15) is 0 Å². The van der Waals surface area contributed by atoms with Gasteiger partial charge in [-0.3, -0.25) is 0 Å². The third-order valence-electron chi connectivity index (χ3n) is 3.74. The number of nitrogens with zero attached hydrogens (tertiary/aromatic N) is 3. The monoisotopic (exact) mass is 464 g/mol. The fourth-order valence-electron chi connectivity index (χ4n) is 2.49. The Morgan fingerprint density at radius 3 is 2.46 bits per heavy atom. The molecule has 0 unspecified atom stereocenters. The van der Waals surface area contributed by atoms with E-state index in [1.54, 1.807) is 0 Å². The number of benzene rings is 2. The molecule has 0 amide bonds. The van der Waals surface area contributed by atoms with Crippen molar-refractivity contribution in [3.63, 3.8) is 0 Å². The lowest BCUT2D eigenvalue weighted by molar-refractivity contribution is 1.14. The zero-order chi connectivity index (χ0) is 18.1. The zero-order valence-electron chi connectivity index (χ0n) is 13.2. The lowest BCUT2D eigenvalue weighted by atomic mass is 10.1. The van der Waals surface area contributed by atoms with Crippen LogP contribution in [0.4, 0.5) is 11.5 Å². The van der Waals surface area contributed by atoms with Crippen molar-refractivity contribution in [2.24, 2.45) is 0 Å². The summed E-state index contributed by atoms with van der Waals surface area (Å²) in [6.45, 7) is 0. The molecule has 0 saturated heterocycles. The van der Waals surface area contributed by atoms with Crippen LogP contribution in [0.15, 0.2) is 53.3 Å². The first-order valence-electron chi connectivity index (χ1n) is 7.66. The molecular formula is C18H11BrCl2N4S. The van der Waals surface area contributed by atoms with Gasteiger partial charge in [-0.15, -0.1) is 0 Å². The van der Waals surface area contributed by atoms with Gasteiger partial charge in [0.25, 0.3) is 0 Å². The molecule has 8 heteroatoms. The third-order valence-corrected chi connectivity index (χ3v) is 5.94. The lowest BCUT2D eigenvalue weighted by Crippen LogP contribution is -1.95. The summed E-state index contributed by atoms with van der Waals surface area (Å²) in [6, 6.07) is 13.4. The summed E-state index contributed by atoms with van der Waals surface area (Å²) >= 11 is 17.5. The van der Waals surface area contributed by atoms with Crippen LogP contribution in [0.5, 0.6) is 0 Å². The Morgan fingerprint density at radius 1 is 1.00 bits per heavy atom. The number of rotatable bonds is 4. The van der Waals surface area contributed by atoms with E-state index in [1.807, 2.05) is 42.5 Å². The van der Waals surface area contributed by atoms with Gasteiger partial charge in [-0.25, -0.2) is 15.0 Å². The van der Waals surface area contributed by atoms with E-state index in [-0.39, 0.29) is 0 Å². The average molecular weight is 466 g/mol. The molecule has 0 bridgehead atoms. The smallest absolute Gasteiger partial charge is 0.161 e. The Balaban J connectivity index is 1.68. The van der Waals surface area contributed by atoms with E-state index in [0.29, 0.717) is 22.3 Å². The molecule has 1 N–H and O–H groups in total. The first-order chi connectivity index (χ1) is 12.6. The van der Waals surface area contributed by atoms with Crippen molar-refractivity contribution in [3.8, 4) is 0 Å². The SMILES string of the molecule is Clc1cccc(Cl)c1Cc1nc2c(Nc3ccc(Br)cc3)ncnc2s1. The van der Waals surface area contributed by atoms with Crippen molar-refractivity contribution in [2.45, 2.75) is 6.42 Å². The van der Waals surface area contributed by atoms with E-state index in [0.717, 1.165) is 31.1 Å². The highest BCUT2D eigenvalue weighted by molar-refractivity contribution is 9.10. The van der Waals surface area contributed by atoms with E-state index >= 15 is 0 Å². The molecule has 0 fully saturated rings. The van der Waals surface area contributed by atoms with Gasteiger partial charge in [-0.05, 0) is 42.0 Å². The number of aromatic nitrogens is 3. The van der Waals surface area contributed by atoms with Crippen LogP contribution in [0.1, 0.15) is 10.6 Å². The fourth-order valence-corrected chi connectivity index (χ4v) is 4.20. The maximum atomic E-state index is 6.28. The fraction of sp³-hybridized carbons (Fsp3) is 0.0556. The van der Waals surface area contributed by atoms with Crippen LogP contribution in [0, 0.1) is 0 Å². The molecule has 0 atom stereocenters. The first kappa shape index (κ1) is 17.7. The molecule has 4 aromatic rings. The topological polar surface area (TPSA) is 50.7 Å². The Labute approximate surface area is 172 Å². The maximum absolute atomic E-state index is 6.28. The Morgan fingerprint density at radius 2 is 1.73 bits per heavy atom. The van der Waals surface area contributed by atoms with Crippen LogP contribution in [-0.2, 0) is 6.42 Å². The van der Waals surface area contributed by atoms with Gasteiger partial charge < -0.3 is 5.32 Å². The second-order valence-electron chi connectivity index (χ2n) is 5.49. The third kappa shape index (κ3) is 3.69. The van der Waals surface area contributed by atoms with Crippen LogP contribution in [0.3, 0.4) is 0 Å². The second-order valence-corrected chi connectivity index (χ2v) is 8.28. The van der Waals surface area contributed by atoms with Crippen molar-refractivity contribution in [1.29, 1.82) is 0 Å². The minimum absolute atomic E-state index is 0.553. The standard InChI is InChI=1S/C18H11BrCl2N4S/c19-10-4-6-11(7-5-10)24-17-16-18(23-9-22-17)26-15(25-16)8-12-13(20)2-1-3-14(12)21/h1-7,9H,8H2,(H,22,23,24). The largest absolute Gasteiger partial charge is 0.338 e. The summed E-state index contributed by atoms with van der Waals surface area (Å²) in [5.74, 6) is 0.671. The molecule has 0 aliphatic rings. The predicted octanol–water partition coefficient (Wildman–Crippen LogP) is 6.49. The van der Waals surface area contributed by atoms with Crippen molar-refractivity contribution < 1.29 is 0 Å². The highest BCUT2D eigenvalue weighted by atomic mass is 79.9. The number of anilines is 2. The first-order valence-corrected chi connectivity index (χ1v) is 10.0. The Hall–Kier alpha value is -1.73. The number of hydrogen-bond donors (Lipinski definition) is 1. The molecule has 0 aliphatic heterocycles. The van der Waals surface area contributed by atoms with Gasteiger partial charge in [-0.1, -0.05) is 56.5 Å². The van der Waals surface area contributed by atoms with Crippen LogP contribution in [0.2, 0.25) is 10.0 Å². The van der Waals surface area contributed by atoms with Crippen molar-refractivity contribution in [1.82, 2.24) is 15.0 Å². The lowest BCUT2D eigenvalue weighted by Gasteiger charge is -2.05. The van der Waals surface area contributed by atoms with Crippen LogP contribution in [0.25, 0.3) is 10.3 Å². The second kappa shape index (κ2) is 7.48. The van der Waals surface area contributed by atoms with E-state index in [2.05, 4.69) is 31.2 Å². The summed E-state index contributed by atoms with van der Waals surface area (Å²) < 4.78 is 1.02. The van der Waals surface area contributed by atoms with Crippen LogP contribution in [-0.4, -0.2) is 15.0 Å². The molecule has 4 rings (SSSR count).